The zero-order valence-electron chi connectivity index (χ0n) is 15.0. The largest absolute Gasteiger partial charge is 0.490 e. The summed E-state index contributed by atoms with van der Waals surface area (Å²) >= 11 is 6.37. The summed E-state index contributed by atoms with van der Waals surface area (Å²) in [4.78, 5) is 0. The van der Waals surface area contributed by atoms with Crippen LogP contribution in [0.25, 0.3) is 0 Å². The van der Waals surface area contributed by atoms with Crippen LogP contribution in [-0.4, -0.2) is 24.4 Å². The van der Waals surface area contributed by atoms with Gasteiger partial charge in [0.05, 0.1) is 23.8 Å². The maximum absolute atomic E-state index is 10.2. The van der Waals surface area contributed by atoms with Crippen LogP contribution in [0.4, 0.5) is 0 Å². The Morgan fingerprint density at radius 1 is 1.16 bits per heavy atom. The highest BCUT2D eigenvalue weighted by Crippen LogP contribution is 2.37. The average molecular weight is 364 g/mol. The molecule has 0 saturated carbocycles. The van der Waals surface area contributed by atoms with Gasteiger partial charge < -0.3 is 19.9 Å². The van der Waals surface area contributed by atoms with E-state index < -0.39 is 6.10 Å². The molecule has 0 aliphatic carbocycles. The summed E-state index contributed by atoms with van der Waals surface area (Å²) in [5.74, 6) is 1.22. The highest BCUT2D eigenvalue weighted by molar-refractivity contribution is 6.32. The molecule has 5 heteroatoms. The molecule has 0 spiro atoms. The second-order valence-corrected chi connectivity index (χ2v) is 6.47. The molecule has 1 atom stereocenters. The molecule has 1 unspecified atom stereocenters. The molecular formula is C20H26ClNO3. The van der Waals surface area contributed by atoms with Gasteiger partial charge in [0.25, 0.3) is 0 Å². The van der Waals surface area contributed by atoms with Gasteiger partial charge in [-0.25, -0.2) is 0 Å². The van der Waals surface area contributed by atoms with Crippen molar-refractivity contribution in [1.29, 1.82) is 0 Å². The Morgan fingerprint density at radius 2 is 1.88 bits per heavy atom. The number of hydrogen-bond donors (Lipinski definition) is 2. The SMILES string of the molecule is CCOc1cc(CNCC(O)c2ccccc2)cc(Cl)c1OC(C)C. The van der Waals surface area contributed by atoms with E-state index in [0.29, 0.717) is 36.2 Å². The topological polar surface area (TPSA) is 50.7 Å². The van der Waals surface area contributed by atoms with Crippen LogP contribution in [0.3, 0.4) is 0 Å². The van der Waals surface area contributed by atoms with Gasteiger partial charge in [0, 0.05) is 13.1 Å². The molecule has 0 bridgehead atoms. The van der Waals surface area contributed by atoms with Crippen molar-refractivity contribution in [2.45, 2.75) is 39.5 Å². The van der Waals surface area contributed by atoms with Crippen LogP contribution in [0.2, 0.25) is 5.02 Å². The monoisotopic (exact) mass is 363 g/mol. The Balaban J connectivity index is 2.02. The van der Waals surface area contributed by atoms with Crippen molar-refractivity contribution in [2.24, 2.45) is 0 Å². The van der Waals surface area contributed by atoms with Crippen LogP contribution in [-0.2, 0) is 6.54 Å². The van der Waals surface area contributed by atoms with Gasteiger partial charge in [0.2, 0.25) is 0 Å². The van der Waals surface area contributed by atoms with Crippen LogP contribution in [0, 0.1) is 0 Å². The summed E-state index contributed by atoms with van der Waals surface area (Å²) in [6, 6.07) is 13.4. The molecule has 0 aromatic heterocycles. The number of aliphatic hydroxyl groups excluding tert-OH is 1. The van der Waals surface area contributed by atoms with Crippen molar-refractivity contribution in [3.05, 3.63) is 58.6 Å². The lowest BCUT2D eigenvalue weighted by Crippen LogP contribution is -2.21. The molecule has 0 saturated heterocycles. The lowest BCUT2D eigenvalue weighted by molar-refractivity contribution is 0.174. The van der Waals surface area contributed by atoms with Gasteiger partial charge in [-0.2, -0.15) is 0 Å². The van der Waals surface area contributed by atoms with Crippen LogP contribution in [0.1, 0.15) is 38.0 Å². The van der Waals surface area contributed by atoms with Gasteiger partial charge in [-0.3, -0.25) is 0 Å². The molecule has 0 radical (unpaired) electrons. The zero-order chi connectivity index (χ0) is 18.2. The molecule has 0 aliphatic heterocycles. The van der Waals surface area contributed by atoms with Crippen molar-refractivity contribution in [3.63, 3.8) is 0 Å². The van der Waals surface area contributed by atoms with E-state index in [1.807, 2.05) is 63.2 Å². The molecule has 0 heterocycles. The number of aliphatic hydroxyl groups is 1. The summed E-state index contributed by atoms with van der Waals surface area (Å²) in [6.45, 7) is 7.39. The van der Waals surface area contributed by atoms with Crippen LogP contribution in [0.5, 0.6) is 11.5 Å². The van der Waals surface area contributed by atoms with E-state index in [9.17, 15) is 5.11 Å². The lowest BCUT2D eigenvalue weighted by Gasteiger charge is -2.18. The summed E-state index contributed by atoms with van der Waals surface area (Å²) in [5.41, 5.74) is 1.87. The lowest BCUT2D eigenvalue weighted by atomic mass is 10.1. The number of ether oxygens (including phenoxy) is 2. The van der Waals surface area contributed by atoms with E-state index in [2.05, 4.69) is 5.32 Å². The third-order valence-electron chi connectivity index (χ3n) is 3.57. The Morgan fingerprint density at radius 3 is 2.52 bits per heavy atom. The second-order valence-electron chi connectivity index (χ2n) is 6.06. The quantitative estimate of drug-likeness (QED) is 0.695. The Kier molecular flexibility index (Phi) is 7.56. The molecule has 2 aromatic carbocycles. The van der Waals surface area contributed by atoms with Gasteiger partial charge in [-0.1, -0.05) is 41.9 Å². The van der Waals surface area contributed by atoms with Crippen molar-refractivity contribution < 1.29 is 14.6 Å². The fraction of sp³-hybridized carbons (Fsp3) is 0.400. The molecule has 0 amide bonds. The first kappa shape index (κ1) is 19.6. The second kappa shape index (κ2) is 9.66. The van der Waals surface area contributed by atoms with E-state index in [0.717, 1.165) is 11.1 Å². The number of halogens is 1. The predicted octanol–water partition coefficient (Wildman–Crippen LogP) is 4.35. The van der Waals surface area contributed by atoms with Gasteiger partial charge in [-0.15, -0.1) is 0 Å². The van der Waals surface area contributed by atoms with Crippen molar-refractivity contribution in [3.8, 4) is 11.5 Å². The van der Waals surface area contributed by atoms with Gasteiger partial charge in [0.1, 0.15) is 0 Å². The average Bonchev–Trinajstić information content (AvgIpc) is 2.58. The maximum Gasteiger partial charge on any atom is 0.180 e. The Hall–Kier alpha value is -1.75. The number of nitrogens with one attached hydrogen (secondary N) is 1. The summed E-state index contributed by atoms with van der Waals surface area (Å²) < 4.78 is 11.4. The highest BCUT2D eigenvalue weighted by atomic mass is 35.5. The standard InChI is InChI=1S/C20H26ClNO3/c1-4-24-19-11-15(10-17(21)20(19)25-14(2)3)12-22-13-18(23)16-8-6-5-7-9-16/h5-11,14,18,22-23H,4,12-13H2,1-3H3. The molecule has 0 aliphatic rings. The molecular weight excluding hydrogens is 338 g/mol. The van der Waals surface area contributed by atoms with Crippen molar-refractivity contribution in [1.82, 2.24) is 5.32 Å². The molecule has 25 heavy (non-hydrogen) atoms. The third-order valence-corrected chi connectivity index (χ3v) is 3.85. The van der Waals surface area contributed by atoms with Crippen LogP contribution in [0.15, 0.2) is 42.5 Å². The van der Waals surface area contributed by atoms with Gasteiger partial charge in [0.15, 0.2) is 11.5 Å². The van der Waals surface area contributed by atoms with Crippen molar-refractivity contribution in [2.75, 3.05) is 13.2 Å². The highest BCUT2D eigenvalue weighted by Gasteiger charge is 2.14. The first-order chi connectivity index (χ1) is 12.0. The number of hydrogen-bond acceptors (Lipinski definition) is 4. The molecule has 2 rings (SSSR count). The first-order valence-corrected chi connectivity index (χ1v) is 8.94. The smallest absolute Gasteiger partial charge is 0.180 e. The van der Waals surface area contributed by atoms with E-state index in [4.69, 9.17) is 21.1 Å². The predicted molar refractivity (Wildman–Crippen MR) is 101 cm³/mol. The van der Waals surface area contributed by atoms with E-state index in [-0.39, 0.29) is 6.10 Å². The van der Waals surface area contributed by atoms with Gasteiger partial charge >= 0.3 is 0 Å². The van der Waals surface area contributed by atoms with Crippen LogP contribution >= 0.6 is 11.6 Å². The minimum absolute atomic E-state index is 0.0155. The summed E-state index contributed by atoms with van der Waals surface area (Å²) in [6.07, 6.45) is -0.534. The number of benzene rings is 2. The van der Waals surface area contributed by atoms with E-state index in [1.165, 1.54) is 0 Å². The fourth-order valence-corrected chi connectivity index (χ4v) is 2.76. The zero-order valence-corrected chi connectivity index (χ0v) is 15.7. The van der Waals surface area contributed by atoms with E-state index in [1.54, 1.807) is 0 Å². The maximum atomic E-state index is 10.2. The molecule has 136 valence electrons. The molecule has 4 nitrogen and oxygen atoms in total. The summed E-state index contributed by atoms with van der Waals surface area (Å²) in [7, 11) is 0. The van der Waals surface area contributed by atoms with E-state index >= 15 is 0 Å². The van der Waals surface area contributed by atoms with Crippen LogP contribution < -0.4 is 14.8 Å². The Bertz CT molecular complexity index is 661. The minimum Gasteiger partial charge on any atom is -0.490 e. The molecule has 0 fully saturated rings. The first-order valence-electron chi connectivity index (χ1n) is 8.56. The number of rotatable bonds is 9. The molecule has 2 aromatic rings. The normalized spacial score (nSPS) is 12.2. The van der Waals surface area contributed by atoms with Crippen molar-refractivity contribution >= 4 is 11.6 Å². The molecule has 2 N–H and O–H groups in total. The fourth-order valence-electron chi connectivity index (χ4n) is 2.48. The minimum atomic E-state index is -0.549. The summed E-state index contributed by atoms with van der Waals surface area (Å²) in [5, 5.41) is 14.0. The Labute approximate surface area is 154 Å². The third kappa shape index (κ3) is 5.92. The van der Waals surface area contributed by atoms with Gasteiger partial charge in [-0.05, 0) is 44.0 Å².